The first-order valence-corrected chi connectivity index (χ1v) is 8.90. The molecule has 138 valence electrons. The number of halogens is 1. The summed E-state index contributed by atoms with van der Waals surface area (Å²) in [5, 5.41) is 5.48. The average Bonchev–Trinajstić information content (AvgIpc) is 3.32. The first kappa shape index (κ1) is 16.6. The molecule has 0 unspecified atom stereocenters. The molecule has 0 aliphatic carbocycles. The zero-order valence-corrected chi connectivity index (χ0v) is 15.6. The molecule has 0 saturated carbocycles. The van der Waals surface area contributed by atoms with Crippen LogP contribution in [-0.4, -0.2) is 41.4 Å². The highest BCUT2D eigenvalue weighted by Gasteiger charge is 2.17. The summed E-state index contributed by atoms with van der Waals surface area (Å²) < 4.78 is 8.85. The summed E-state index contributed by atoms with van der Waals surface area (Å²) in [5.41, 5.74) is 3.23. The van der Waals surface area contributed by atoms with E-state index >= 15 is 0 Å². The molecular formula is C19H14ClN7O. The van der Waals surface area contributed by atoms with Crippen LogP contribution < -0.4 is 4.74 Å². The molecule has 0 radical (unpaired) electrons. The summed E-state index contributed by atoms with van der Waals surface area (Å²) in [6.07, 6.45) is 6.93. The molecule has 0 aliphatic heterocycles. The molecule has 5 aromatic rings. The topological polar surface area (TPSA) is 83.5 Å². The second-order valence-electron chi connectivity index (χ2n) is 6.20. The van der Waals surface area contributed by atoms with Gasteiger partial charge in [0.2, 0.25) is 5.28 Å². The highest BCUT2D eigenvalue weighted by Crippen LogP contribution is 2.24. The van der Waals surface area contributed by atoms with Crippen molar-refractivity contribution in [3.8, 4) is 11.6 Å². The van der Waals surface area contributed by atoms with E-state index in [9.17, 15) is 0 Å². The van der Waals surface area contributed by atoms with Crippen LogP contribution in [0.15, 0.2) is 55.2 Å². The molecule has 0 amide bonds. The summed E-state index contributed by atoms with van der Waals surface area (Å²) in [6.45, 7) is 0.594. The quantitative estimate of drug-likeness (QED) is 0.437. The summed E-state index contributed by atoms with van der Waals surface area (Å²) in [6, 6.07) is 9.72. The number of pyridine rings is 1. The molecule has 4 aromatic heterocycles. The molecule has 0 spiro atoms. The summed E-state index contributed by atoms with van der Waals surface area (Å²) >= 11 is 6.23. The van der Waals surface area contributed by atoms with Crippen LogP contribution in [0.2, 0.25) is 5.28 Å². The first-order valence-electron chi connectivity index (χ1n) is 8.52. The highest BCUT2D eigenvalue weighted by molar-refractivity contribution is 6.28. The van der Waals surface area contributed by atoms with Crippen LogP contribution in [0, 0.1) is 0 Å². The van der Waals surface area contributed by atoms with E-state index in [0.29, 0.717) is 23.5 Å². The third kappa shape index (κ3) is 2.74. The van der Waals surface area contributed by atoms with Gasteiger partial charge in [-0.1, -0.05) is 12.1 Å². The van der Waals surface area contributed by atoms with Crippen molar-refractivity contribution in [1.29, 1.82) is 0 Å². The van der Waals surface area contributed by atoms with Crippen molar-refractivity contribution in [2.75, 3.05) is 7.11 Å². The molecule has 4 heterocycles. The molecule has 0 N–H and O–H groups in total. The average molecular weight is 392 g/mol. The first-order chi connectivity index (χ1) is 13.7. The molecule has 0 fully saturated rings. The predicted octanol–water partition coefficient (Wildman–Crippen LogP) is 3.27. The van der Waals surface area contributed by atoms with Crippen LogP contribution in [0.1, 0.15) is 5.56 Å². The SMILES string of the molecule is COc1ccc(Cn2cnc3c(-n4ncc5cnccc54)nc(Cl)nc32)cc1. The maximum atomic E-state index is 6.23. The molecule has 1 aromatic carbocycles. The lowest BCUT2D eigenvalue weighted by molar-refractivity contribution is 0.414. The molecule has 5 rings (SSSR count). The minimum Gasteiger partial charge on any atom is -0.497 e. The fourth-order valence-corrected chi connectivity index (χ4v) is 3.30. The maximum absolute atomic E-state index is 6.23. The molecule has 0 saturated heterocycles. The minimum absolute atomic E-state index is 0.136. The van der Waals surface area contributed by atoms with Crippen molar-refractivity contribution in [1.82, 2.24) is 34.3 Å². The van der Waals surface area contributed by atoms with Gasteiger partial charge >= 0.3 is 0 Å². The van der Waals surface area contributed by atoms with E-state index in [-0.39, 0.29) is 5.28 Å². The Balaban J connectivity index is 1.62. The predicted molar refractivity (Wildman–Crippen MR) is 105 cm³/mol. The number of hydrogen-bond donors (Lipinski definition) is 0. The number of rotatable bonds is 4. The van der Waals surface area contributed by atoms with Crippen LogP contribution in [-0.2, 0) is 6.54 Å². The van der Waals surface area contributed by atoms with E-state index in [1.54, 1.807) is 36.7 Å². The fourth-order valence-electron chi connectivity index (χ4n) is 3.14. The number of imidazole rings is 1. The van der Waals surface area contributed by atoms with Crippen LogP contribution in [0.4, 0.5) is 0 Å². The van der Waals surface area contributed by atoms with E-state index in [4.69, 9.17) is 16.3 Å². The van der Waals surface area contributed by atoms with Crippen molar-refractivity contribution in [3.05, 3.63) is 66.1 Å². The Kier molecular flexibility index (Phi) is 3.91. The molecule has 0 bridgehead atoms. The normalized spacial score (nSPS) is 11.4. The van der Waals surface area contributed by atoms with Gasteiger partial charge in [0.25, 0.3) is 0 Å². The smallest absolute Gasteiger partial charge is 0.226 e. The third-order valence-electron chi connectivity index (χ3n) is 4.50. The van der Waals surface area contributed by atoms with Crippen LogP contribution in [0.25, 0.3) is 27.9 Å². The van der Waals surface area contributed by atoms with Gasteiger partial charge in [-0.25, -0.2) is 9.67 Å². The number of hydrogen-bond acceptors (Lipinski definition) is 6. The van der Waals surface area contributed by atoms with E-state index < -0.39 is 0 Å². The lowest BCUT2D eigenvalue weighted by atomic mass is 10.2. The van der Waals surface area contributed by atoms with Crippen molar-refractivity contribution in [3.63, 3.8) is 0 Å². The monoisotopic (exact) mass is 391 g/mol. The van der Waals surface area contributed by atoms with Crippen molar-refractivity contribution >= 4 is 33.7 Å². The van der Waals surface area contributed by atoms with Gasteiger partial charge in [-0.05, 0) is 35.4 Å². The third-order valence-corrected chi connectivity index (χ3v) is 4.67. The molecule has 0 atom stereocenters. The number of nitrogens with zero attached hydrogens (tertiary/aromatic N) is 7. The number of aromatic nitrogens is 7. The Hall–Kier alpha value is -3.52. The van der Waals surface area contributed by atoms with E-state index in [1.807, 2.05) is 34.9 Å². The van der Waals surface area contributed by atoms with Gasteiger partial charge in [0.1, 0.15) is 5.75 Å². The number of fused-ring (bicyclic) bond motifs is 2. The Morgan fingerprint density at radius 3 is 2.75 bits per heavy atom. The summed E-state index contributed by atoms with van der Waals surface area (Å²) in [7, 11) is 1.65. The summed E-state index contributed by atoms with van der Waals surface area (Å²) in [4.78, 5) is 17.4. The fraction of sp³-hybridized carbons (Fsp3) is 0.105. The Bertz CT molecular complexity index is 1290. The van der Waals surface area contributed by atoms with Crippen LogP contribution >= 0.6 is 11.6 Å². The number of benzene rings is 1. The van der Waals surface area contributed by atoms with E-state index in [0.717, 1.165) is 22.2 Å². The lowest BCUT2D eigenvalue weighted by Crippen LogP contribution is -2.04. The Labute approximate surface area is 164 Å². The zero-order valence-electron chi connectivity index (χ0n) is 14.8. The van der Waals surface area contributed by atoms with Crippen molar-refractivity contribution in [2.45, 2.75) is 6.54 Å². The van der Waals surface area contributed by atoms with Gasteiger partial charge in [0.05, 0.1) is 31.7 Å². The Morgan fingerprint density at radius 2 is 1.93 bits per heavy atom. The molecule has 9 heteroatoms. The van der Waals surface area contributed by atoms with Gasteiger partial charge in [-0.2, -0.15) is 15.1 Å². The van der Waals surface area contributed by atoms with E-state index in [1.165, 1.54) is 0 Å². The van der Waals surface area contributed by atoms with Gasteiger partial charge in [-0.3, -0.25) is 4.98 Å². The molecule has 28 heavy (non-hydrogen) atoms. The van der Waals surface area contributed by atoms with E-state index in [2.05, 4.69) is 25.0 Å². The maximum Gasteiger partial charge on any atom is 0.226 e. The Morgan fingerprint density at radius 1 is 1.07 bits per heavy atom. The molecule has 8 nitrogen and oxygen atoms in total. The van der Waals surface area contributed by atoms with Gasteiger partial charge in [0.15, 0.2) is 17.0 Å². The van der Waals surface area contributed by atoms with Crippen molar-refractivity contribution < 1.29 is 4.74 Å². The largest absolute Gasteiger partial charge is 0.497 e. The summed E-state index contributed by atoms with van der Waals surface area (Å²) in [5.74, 6) is 1.34. The number of methoxy groups -OCH3 is 1. The second-order valence-corrected chi connectivity index (χ2v) is 6.54. The van der Waals surface area contributed by atoms with Gasteiger partial charge in [0, 0.05) is 17.8 Å². The van der Waals surface area contributed by atoms with Gasteiger partial charge < -0.3 is 9.30 Å². The molecular weight excluding hydrogens is 378 g/mol. The standard InChI is InChI=1S/C19H14ClN7O/c1-28-14-4-2-12(3-5-14)10-26-11-22-16-17(26)24-19(20)25-18(16)27-15-6-7-21-8-13(15)9-23-27/h2-9,11H,10H2,1H3. The van der Waals surface area contributed by atoms with Crippen molar-refractivity contribution in [2.24, 2.45) is 0 Å². The highest BCUT2D eigenvalue weighted by atomic mass is 35.5. The second kappa shape index (κ2) is 6.58. The van der Waals surface area contributed by atoms with Gasteiger partial charge in [-0.15, -0.1) is 0 Å². The zero-order chi connectivity index (χ0) is 19.1. The molecule has 0 aliphatic rings. The lowest BCUT2D eigenvalue weighted by Gasteiger charge is -2.07. The van der Waals surface area contributed by atoms with Crippen LogP contribution in [0.3, 0.4) is 0 Å². The minimum atomic E-state index is 0.136. The van der Waals surface area contributed by atoms with Crippen LogP contribution in [0.5, 0.6) is 5.75 Å². The number of ether oxygens (including phenoxy) is 1.